The molecule has 2 atom stereocenters. The van der Waals surface area contributed by atoms with E-state index in [0.29, 0.717) is 6.54 Å². The number of nitrogens with one attached hydrogen (secondary N) is 1. The van der Waals surface area contributed by atoms with Gasteiger partial charge in [0.15, 0.2) is 0 Å². The van der Waals surface area contributed by atoms with Crippen LogP contribution in [0.2, 0.25) is 0 Å². The number of hydrogen-bond donors (Lipinski definition) is 2. The van der Waals surface area contributed by atoms with Gasteiger partial charge in [-0.25, -0.2) is 0 Å². The lowest BCUT2D eigenvalue weighted by molar-refractivity contribution is -0.140. The van der Waals surface area contributed by atoms with Crippen LogP contribution in [0.3, 0.4) is 0 Å². The van der Waals surface area contributed by atoms with Crippen molar-refractivity contribution < 1.29 is 14.7 Å². The minimum Gasteiger partial charge on any atom is -0.481 e. The normalized spacial score (nSPS) is 23.7. The molecule has 1 aromatic rings. The molecule has 0 spiro atoms. The highest BCUT2D eigenvalue weighted by Crippen LogP contribution is 2.58. The third-order valence-corrected chi connectivity index (χ3v) is 3.96. The van der Waals surface area contributed by atoms with Gasteiger partial charge < -0.3 is 10.4 Å². The van der Waals surface area contributed by atoms with Crippen LogP contribution < -0.4 is 5.32 Å². The molecule has 1 fully saturated rings. The number of carbonyl (C=O) groups excluding carboxylic acids is 1. The van der Waals surface area contributed by atoms with E-state index in [2.05, 4.69) is 5.32 Å². The van der Waals surface area contributed by atoms with Crippen molar-refractivity contribution in [1.29, 1.82) is 0 Å². The summed E-state index contributed by atoms with van der Waals surface area (Å²) in [6.07, 6.45) is 0. The van der Waals surface area contributed by atoms with Crippen molar-refractivity contribution in [2.24, 2.45) is 17.3 Å². The van der Waals surface area contributed by atoms with E-state index in [-0.39, 0.29) is 5.91 Å². The summed E-state index contributed by atoms with van der Waals surface area (Å²) in [7, 11) is 0. The molecule has 102 valence electrons. The quantitative estimate of drug-likeness (QED) is 0.870. The lowest BCUT2D eigenvalue weighted by atomic mass is 10.1. The second-order valence-corrected chi connectivity index (χ2v) is 5.82. The van der Waals surface area contributed by atoms with Crippen molar-refractivity contribution in [3.05, 3.63) is 35.4 Å². The molecule has 1 amide bonds. The Morgan fingerprint density at radius 2 is 1.79 bits per heavy atom. The van der Waals surface area contributed by atoms with Gasteiger partial charge in [0, 0.05) is 6.54 Å². The molecular formula is C15H19NO3. The number of carboxylic acid groups (broad SMARTS) is 1. The minimum absolute atomic E-state index is 0.169. The summed E-state index contributed by atoms with van der Waals surface area (Å²) < 4.78 is 0. The van der Waals surface area contributed by atoms with Crippen molar-refractivity contribution in [2.45, 2.75) is 27.3 Å². The maximum Gasteiger partial charge on any atom is 0.307 e. The number of carbonyl (C=O) groups is 2. The number of rotatable bonds is 4. The molecule has 2 rings (SSSR count). The minimum atomic E-state index is -0.888. The third-order valence-electron chi connectivity index (χ3n) is 3.96. The standard InChI is InChI=1S/C15H19NO3/c1-9-4-6-10(7-5-9)8-16-13(17)11-12(14(18)19)15(11,2)3/h4-7,11-12H,8H2,1-3H3,(H,16,17)(H,18,19). The Morgan fingerprint density at radius 3 is 2.26 bits per heavy atom. The number of hydrogen-bond acceptors (Lipinski definition) is 2. The first-order valence-corrected chi connectivity index (χ1v) is 6.40. The van der Waals surface area contributed by atoms with Crippen molar-refractivity contribution in [3.63, 3.8) is 0 Å². The van der Waals surface area contributed by atoms with E-state index in [9.17, 15) is 9.59 Å². The summed E-state index contributed by atoms with van der Waals surface area (Å²) in [5.74, 6) is -2.04. The van der Waals surface area contributed by atoms with Gasteiger partial charge >= 0.3 is 5.97 Å². The maximum absolute atomic E-state index is 12.0. The smallest absolute Gasteiger partial charge is 0.307 e. The van der Waals surface area contributed by atoms with E-state index in [1.54, 1.807) is 0 Å². The van der Waals surface area contributed by atoms with Gasteiger partial charge in [-0.3, -0.25) is 9.59 Å². The predicted molar refractivity (Wildman–Crippen MR) is 71.4 cm³/mol. The summed E-state index contributed by atoms with van der Waals surface area (Å²) in [6, 6.07) is 7.90. The topological polar surface area (TPSA) is 66.4 Å². The predicted octanol–water partition coefficient (Wildman–Crippen LogP) is 1.97. The molecule has 1 aliphatic carbocycles. The van der Waals surface area contributed by atoms with Gasteiger partial charge in [-0.05, 0) is 17.9 Å². The van der Waals surface area contributed by atoms with Crippen LogP contribution in [0.4, 0.5) is 0 Å². The summed E-state index contributed by atoms with van der Waals surface area (Å²) in [6.45, 7) is 6.09. The molecule has 2 N–H and O–H groups in total. The van der Waals surface area contributed by atoms with Crippen LogP contribution in [0.15, 0.2) is 24.3 Å². The molecular weight excluding hydrogens is 242 g/mol. The highest BCUT2D eigenvalue weighted by molar-refractivity contribution is 5.91. The first-order valence-electron chi connectivity index (χ1n) is 6.40. The van der Waals surface area contributed by atoms with E-state index in [4.69, 9.17) is 5.11 Å². The summed E-state index contributed by atoms with van der Waals surface area (Å²) in [5.41, 5.74) is 1.75. The number of aliphatic carboxylic acids is 1. The Hall–Kier alpha value is -1.84. The van der Waals surface area contributed by atoms with Gasteiger partial charge in [-0.15, -0.1) is 0 Å². The molecule has 1 saturated carbocycles. The van der Waals surface area contributed by atoms with E-state index < -0.39 is 23.2 Å². The zero-order valence-electron chi connectivity index (χ0n) is 11.4. The summed E-state index contributed by atoms with van der Waals surface area (Å²) >= 11 is 0. The van der Waals surface area contributed by atoms with Gasteiger partial charge in [0.25, 0.3) is 0 Å². The van der Waals surface area contributed by atoms with Crippen LogP contribution in [0.25, 0.3) is 0 Å². The van der Waals surface area contributed by atoms with Gasteiger partial charge in [0.2, 0.25) is 5.91 Å². The molecule has 1 aliphatic rings. The van der Waals surface area contributed by atoms with Crippen LogP contribution in [0.1, 0.15) is 25.0 Å². The van der Waals surface area contributed by atoms with E-state index in [1.807, 2.05) is 45.0 Å². The van der Waals surface area contributed by atoms with E-state index in [1.165, 1.54) is 5.56 Å². The molecule has 2 unspecified atom stereocenters. The number of amides is 1. The lowest BCUT2D eigenvalue weighted by Gasteiger charge is -2.06. The summed E-state index contributed by atoms with van der Waals surface area (Å²) in [4.78, 5) is 23.0. The molecule has 0 saturated heterocycles. The molecule has 0 aromatic heterocycles. The molecule has 19 heavy (non-hydrogen) atoms. The van der Waals surface area contributed by atoms with Crippen molar-refractivity contribution in [2.75, 3.05) is 0 Å². The fourth-order valence-electron chi connectivity index (χ4n) is 2.59. The van der Waals surface area contributed by atoms with Crippen molar-refractivity contribution in [3.8, 4) is 0 Å². The molecule has 0 radical (unpaired) electrons. The Kier molecular flexibility index (Phi) is 3.35. The Bertz CT molecular complexity index is 505. The maximum atomic E-state index is 12.0. The number of aryl methyl sites for hydroxylation is 1. The van der Waals surface area contributed by atoms with Crippen molar-refractivity contribution >= 4 is 11.9 Å². The Balaban J connectivity index is 1.93. The van der Waals surface area contributed by atoms with Gasteiger partial charge in [-0.1, -0.05) is 43.7 Å². The molecule has 4 nitrogen and oxygen atoms in total. The van der Waals surface area contributed by atoms with Crippen LogP contribution in [-0.2, 0) is 16.1 Å². The second kappa shape index (κ2) is 4.68. The van der Waals surface area contributed by atoms with E-state index >= 15 is 0 Å². The fourth-order valence-corrected chi connectivity index (χ4v) is 2.59. The molecule has 1 aromatic carbocycles. The van der Waals surface area contributed by atoms with Crippen LogP contribution in [-0.4, -0.2) is 17.0 Å². The number of benzene rings is 1. The molecule has 0 heterocycles. The molecule has 4 heteroatoms. The average Bonchev–Trinajstić information content (AvgIpc) is 2.91. The van der Waals surface area contributed by atoms with Crippen molar-refractivity contribution in [1.82, 2.24) is 5.32 Å². The number of carboxylic acids is 1. The van der Waals surface area contributed by atoms with Crippen LogP contribution in [0, 0.1) is 24.2 Å². The Labute approximate surface area is 112 Å². The van der Waals surface area contributed by atoms with Gasteiger partial charge in [0.05, 0.1) is 11.8 Å². The molecule has 0 bridgehead atoms. The monoisotopic (exact) mass is 261 g/mol. The first kappa shape index (κ1) is 13.6. The zero-order valence-corrected chi connectivity index (χ0v) is 11.4. The lowest BCUT2D eigenvalue weighted by Crippen LogP contribution is -2.26. The third kappa shape index (κ3) is 2.62. The molecule has 0 aliphatic heterocycles. The zero-order chi connectivity index (χ0) is 14.2. The SMILES string of the molecule is Cc1ccc(CNC(=O)C2C(C(=O)O)C2(C)C)cc1. The average molecular weight is 261 g/mol. The fraction of sp³-hybridized carbons (Fsp3) is 0.467. The van der Waals surface area contributed by atoms with Crippen LogP contribution in [0.5, 0.6) is 0 Å². The van der Waals surface area contributed by atoms with Gasteiger partial charge in [-0.2, -0.15) is 0 Å². The second-order valence-electron chi connectivity index (χ2n) is 5.82. The highest BCUT2D eigenvalue weighted by Gasteiger charge is 2.65. The van der Waals surface area contributed by atoms with Crippen LogP contribution >= 0.6 is 0 Å². The van der Waals surface area contributed by atoms with Gasteiger partial charge in [0.1, 0.15) is 0 Å². The Morgan fingerprint density at radius 1 is 1.21 bits per heavy atom. The summed E-state index contributed by atoms with van der Waals surface area (Å²) in [5, 5.41) is 11.9. The largest absolute Gasteiger partial charge is 0.481 e. The first-order chi connectivity index (χ1) is 8.84. The highest BCUT2D eigenvalue weighted by atomic mass is 16.4. The van der Waals surface area contributed by atoms with E-state index in [0.717, 1.165) is 5.56 Å².